The maximum atomic E-state index is 14.6. The second kappa shape index (κ2) is 9.13. The molecule has 3 aromatic rings. The molecule has 0 aliphatic heterocycles. The van der Waals surface area contributed by atoms with Crippen LogP contribution in [0.5, 0.6) is 11.5 Å². The third-order valence-electron chi connectivity index (χ3n) is 4.17. The molecule has 0 fully saturated rings. The van der Waals surface area contributed by atoms with E-state index < -0.39 is 29.4 Å². The highest BCUT2D eigenvalue weighted by molar-refractivity contribution is 5.84. The van der Waals surface area contributed by atoms with E-state index in [4.69, 9.17) is 9.47 Å². The first-order valence-electron chi connectivity index (χ1n) is 8.89. The molecule has 156 valence electrons. The van der Waals surface area contributed by atoms with Gasteiger partial charge in [0, 0.05) is 35.4 Å². The number of hydrogen-bond acceptors (Lipinski definition) is 4. The average Bonchev–Trinajstić information content (AvgIpc) is 2.73. The monoisotopic (exact) mass is 424 g/mol. The van der Waals surface area contributed by atoms with E-state index in [0.29, 0.717) is 0 Å². The average molecular weight is 424 g/mol. The van der Waals surface area contributed by atoms with Gasteiger partial charge in [0.05, 0.1) is 0 Å². The van der Waals surface area contributed by atoms with E-state index in [9.17, 15) is 22.8 Å². The maximum absolute atomic E-state index is 14.6. The Labute approximate surface area is 175 Å². The van der Waals surface area contributed by atoms with E-state index >= 15 is 0 Å². The van der Waals surface area contributed by atoms with Gasteiger partial charge in [-0.1, -0.05) is 13.2 Å². The molecule has 0 spiro atoms. The van der Waals surface area contributed by atoms with Crippen LogP contribution in [0.3, 0.4) is 0 Å². The molecule has 0 aliphatic rings. The van der Waals surface area contributed by atoms with Gasteiger partial charge < -0.3 is 9.47 Å². The Morgan fingerprint density at radius 1 is 0.677 bits per heavy atom. The molecule has 0 unspecified atom stereocenters. The van der Waals surface area contributed by atoms with Gasteiger partial charge in [-0.05, 0) is 53.6 Å². The number of benzene rings is 3. The molecule has 0 saturated carbocycles. The molecule has 0 saturated heterocycles. The lowest BCUT2D eigenvalue weighted by Crippen LogP contribution is -2.03. The largest absolute Gasteiger partial charge is 0.423 e. The fourth-order valence-corrected chi connectivity index (χ4v) is 2.80. The smallest absolute Gasteiger partial charge is 0.335 e. The number of carbonyl (C=O) groups is 2. The minimum atomic E-state index is -0.766. The summed E-state index contributed by atoms with van der Waals surface area (Å²) in [6, 6.07) is 10.9. The summed E-state index contributed by atoms with van der Waals surface area (Å²) in [5.74, 6) is -3.83. The molecule has 7 heteroatoms. The topological polar surface area (TPSA) is 52.6 Å². The Balaban J connectivity index is 1.97. The van der Waals surface area contributed by atoms with Crippen LogP contribution in [0.1, 0.15) is 0 Å². The number of hydrogen-bond donors (Lipinski definition) is 0. The molecule has 0 heterocycles. The third-order valence-corrected chi connectivity index (χ3v) is 4.17. The third kappa shape index (κ3) is 5.08. The van der Waals surface area contributed by atoms with Crippen molar-refractivity contribution in [2.24, 2.45) is 0 Å². The van der Waals surface area contributed by atoms with Crippen LogP contribution in [0.25, 0.3) is 22.3 Å². The van der Waals surface area contributed by atoms with Gasteiger partial charge in [0.1, 0.15) is 29.0 Å². The predicted octanol–water partition coefficient (Wildman–Crippen LogP) is 5.62. The minimum absolute atomic E-state index is 0.0242. The Morgan fingerprint density at radius 2 is 1.10 bits per heavy atom. The Morgan fingerprint density at radius 3 is 1.45 bits per heavy atom. The van der Waals surface area contributed by atoms with Crippen molar-refractivity contribution >= 4 is 11.9 Å². The van der Waals surface area contributed by atoms with E-state index in [-0.39, 0.29) is 33.8 Å². The summed E-state index contributed by atoms with van der Waals surface area (Å²) < 4.78 is 53.1. The molecular formula is C24H15F3O4. The zero-order valence-corrected chi connectivity index (χ0v) is 16.0. The van der Waals surface area contributed by atoms with E-state index in [1.54, 1.807) is 0 Å². The molecule has 0 atom stereocenters. The van der Waals surface area contributed by atoms with Crippen molar-refractivity contribution in [1.29, 1.82) is 0 Å². The van der Waals surface area contributed by atoms with Crippen LogP contribution < -0.4 is 9.47 Å². The number of ether oxygens (including phenoxy) is 2. The lowest BCUT2D eigenvalue weighted by atomic mass is 9.98. The lowest BCUT2D eigenvalue weighted by molar-refractivity contribution is -0.129. The molecule has 31 heavy (non-hydrogen) atoms. The van der Waals surface area contributed by atoms with Crippen molar-refractivity contribution in [1.82, 2.24) is 0 Å². The summed E-state index contributed by atoms with van der Waals surface area (Å²) in [4.78, 5) is 22.5. The Bertz CT molecular complexity index is 1110. The van der Waals surface area contributed by atoms with E-state index in [2.05, 4.69) is 13.2 Å². The van der Waals surface area contributed by atoms with E-state index in [1.165, 1.54) is 30.3 Å². The normalized spacial score (nSPS) is 10.3. The van der Waals surface area contributed by atoms with E-state index in [0.717, 1.165) is 36.4 Å². The van der Waals surface area contributed by atoms with Crippen molar-refractivity contribution in [2.45, 2.75) is 0 Å². The van der Waals surface area contributed by atoms with Gasteiger partial charge in [-0.3, -0.25) is 0 Å². The molecular weight excluding hydrogens is 409 g/mol. The van der Waals surface area contributed by atoms with Crippen LogP contribution in [-0.4, -0.2) is 11.9 Å². The highest BCUT2D eigenvalue weighted by Crippen LogP contribution is 2.33. The highest BCUT2D eigenvalue weighted by atomic mass is 19.1. The van der Waals surface area contributed by atoms with Crippen molar-refractivity contribution in [3.63, 3.8) is 0 Å². The first kappa shape index (κ1) is 21.6. The summed E-state index contributed by atoms with van der Waals surface area (Å²) in [6.07, 6.45) is 1.87. The van der Waals surface area contributed by atoms with Gasteiger partial charge in [-0.25, -0.2) is 22.8 Å². The summed E-state index contributed by atoms with van der Waals surface area (Å²) in [5.41, 5.74) is 0.346. The molecule has 0 amide bonds. The minimum Gasteiger partial charge on any atom is -0.423 e. The Hall–Kier alpha value is -4.13. The van der Waals surface area contributed by atoms with Crippen molar-refractivity contribution in [2.75, 3.05) is 0 Å². The van der Waals surface area contributed by atoms with Gasteiger partial charge in [0.15, 0.2) is 0 Å². The number of esters is 2. The van der Waals surface area contributed by atoms with Crippen LogP contribution in [0, 0.1) is 17.5 Å². The fraction of sp³-hybridized carbons (Fsp3) is 0. The van der Waals surface area contributed by atoms with E-state index in [1.807, 2.05) is 0 Å². The zero-order valence-electron chi connectivity index (χ0n) is 16.0. The quantitative estimate of drug-likeness (QED) is 0.293. The van der Waals surface area contributed by atoms with Gasteiger partial charge in [-0.15, -0.1) is 0 Å². The molecule has 3 aromatic carbocycles. The van der Waals surface area contributed by atoms with Crippen molar-refractivity contribution in [3.05, 3.63) is 97.4 Å². The van der Waals surface area contributed by atoms with Gasteiger partial charge in [0.25, 0.3) is 0 Å². The van der Waals surface area contributed by atoms with Crippen LogP contribution in [0.15, 0.2) is 79.9 Å². The molecule has 0 aliphatic carbocycles. The second-order valence-corrected chi connectivity index (χ2v) is 6.26. The van der Waals surface area contributed by atoms with Gasteiger partial charge in [-0.2, -0.15) is 0 Å². The first-order valence-corrected chi connectivity index (χ1v) is 8.89. The number of carbonyl (C=O) groups excluding carboxylic acids is 2. The zero-order chi connectivity index (χ0) is 22.5. The summed E-state index contributed by atoms with van der Waals surface area (Å²) in [5, 5.41) is 0. The molecule has 0 aromatic heterocycles. The second-order valence-electron chi connectivity index (χ2n) is 6.26. The van der Waals surface area contributed by atoms with Crippen LogP contribution in [0.2, 0.25) is 0 Å². The molecule has 3 rings (SSSR count). The maximum Gasteiger partial charge on any atom is 0.335 e. The predicted molar refractivity (Wildman–Crippen MR) is 109 cm³/mol. The highest BCUT2D eigenvalue weighted by Gasteiger charge is 2.14. The SMILES string of the molecule is C=CC(=O)Oc1ccc(-c2cc(F)cc(-c3ccc(OC(=O)C=C)cc3F)c2)c(F)c1. The fourth-order valence-electron chi connectivity index (χ4n) is 2.80. The summed E-state index contributed by atoms with van der Waals surface area (Å²) in [6.45, 7) is 6.51. The van der Waals surface area contributed by atoms with Crippen LogP contribution in [-0.2, 0) is 9.59 Å². The van der Waals surface area contributed by atoms with Crippen molar-refractivity contribution in [3.8, 4) is 33.8 Å². The molecule has 0 radical (unpaired) electrons. The molecule has 4 nitrogen and oxygen atoms in total. The molecule has 0 N–H and O–H groups in total. The van der Waals surface area contributed by atoms with Crippen molar-refractivity contribution < 1.29 is 32.2 Å². The van der Waals surface area contributed by atoms with Crippen LogP contribution >= 0.6 is 0 Å². The Kier molecular flexibility index (Phi) is 6.35. The molecule has 0 bridgehead atoms. The standard InChI is InChI=1S/C24H15F3O4/c1-3-23(28)30-17-5-7-19(21(26)12-17)14-9-15(11-16(25)10-14)20-8-6-18(13-22(20)27)31-24(29)4-2/h3-13H,1-2H2. The summed E-state index contributed by atoms with van der Waals surface area (Å²) in [7, 11) is 0. The van der Waals surface area contributed by atoms with Gasteiger partial charge in [0.2, 0.25) is 0 Å². The first-order chi connectivity index (χ1) is 14.8. The lowest BCUT2D eigenvalue weighted by Gasteiger charge is -2.11. The number of rotatable bonds is 6. The van der Waals surface area contributed by atoms with Crippen LogP contribution in [0.4, 0.5) is 13.2 Å². The summed E-state index contributed by atoms with van der Waals surface area (Å²) >= 11 is 0. The van der Waals surface area contributed by atoms with Gasteiger partial charge >= 0.3 is 11.9 Å². The number of halogens is 3.